The largest absolute Gasteiger partial charge is 0.396 e. The number of hydrogen-bond acceptors (Lipinski definition) is 3. The molecule has 2 rings (SSSR count). The first kappa shape index (κ1) is 14.4. The average Bonchev–Trinajstić information content (AvgIpc) is 2.41. The van der Waals surface area contributed by atoms with Crippen LogP contribution in [0.3, 0.4) is 0 Å². The zero-order valence-corrected chi connectivity index (χ0v) is 11.0. The summed E-state index contributed by atoms with van der Waals surface area (Å²) >= 11 is 0. The molecule has 0 bridgehead atoms. The second-order valence-corrected chi connectivity index (χ2v) is 6.54. The summed E-state index contributed by atoms with van der Waals surface area (Å²) in [6.45, 7) is 0.609. The number of rotatable bonds is 3. The summed E-state index contributed by atoms with van der Waals surface area (Å²) in [7, 11) is -3.79. The third-order valence-corrected chi connectivity index (χ3v) is 5.26. The Morgan fingerprint density at radius 1 is 1.21 bits per heavy atom. The zero-order chi connectivity index (χ0) is 14.0. The van der Waals surface area contributed by atoms with Crippen molar-refractivity contribution in [3.05, 3.63) is 29.8 Å². The summed E-state index contributed by atoms with van der Waals surface area (Å²) in [6, 6.07) is 2.57. The molecule has 1 aliphatic heterocycles. The summed E-state index contributed by atoms with van der Waals surface area (Å²) in [6.07, 6.45) is 1.14. The molecule has 1 aliphatic rings. The van der Waals surface area contributed by atoms with Gasteiger partial charge in [-0.1, -0.05) is 0 Å². The molecule has 0 atom stereocenters. The first-order valence-corrected chi connectivity index (χ1v) is 7.45. The Labute approximate surface area is 110 Å². The van der Waals surface area contributed by atoms with Crippen LogP contribution in [0.2, 0.25) is 0 Å². The van der Waals surface area contributed by atoms with Crippen LogP contribution >= 0.6 is 0 Å². The number of halogens is 2. The molecule has 0 unspecified atom stereocenters. The minimum absolute atomic E-state index is 0.0407. The minimum Gasteiger partial charge on any atom is -0.396 e. The van der Waals surface area contributed by atoms with Gasteiger partial charge in [-0.15, -0.1) is 0 Å². The molecule has 1 N–H and O–H groups in total. The van der Waals surface area contributed by atoms with Crippen LogP contribution in [-0.2, 0) is 10.0 Å². The normalized spacial score (nSPS) is 18.7. The van der Waals surface area contributed by atoms with Crippen molar-refractivity contribution in [1.82, 2.24) is 4.31 Å². The molecule has 1 heterocycles. The lowest BCUT2D eigenvalue weighted by molar-refractivity contribution is 0.170. The van der Waals surface area contributed by atoms with Gasteiger partial charge in [-0.25, -0.2) is 17.2 Å². The van der Waals surface area contributed by atoms with Crippen LogP contribution in [0.4, 0.5) is 8.78 Å². The maximum absolute atomic E-state index is 13.1. The smallest absolute Gasteiger partial charge is 0.243 e. The van der Waals surface area contributed by atoms with E-state index in [1.54, 1.807) is 0 Å². The fourth-order valence-electron chi connectivity index (χ4n) is 2.12. The van der Waals surface area contributed by atoms with E-state index >= 15 is 0 Å². The summed E-state index contributed by atoms with van der Waals surface area (Å²) < 4.78 is 51.6. The number of nitrogens with zero attached hydrogens (tertiary/aromatic N) is 1. The van der Waals surface area contributed by atoms with E-state index in [0.29, 0.717) is 18.9 Å². The molecule has 4 nitrogen and oxygen atoms in total. The maximum Gasteiger partial charge on any atom is 0.243 e. The van der Waals surface area contributed by atoms with Crippen LogP contribution in [0.25, 0.3) is 0 Å². The molecule has 0 spiro atoms. The highest BCUT2D eigenvalue weighted by Gasteiger charge is 2.29. The number of hydrogen-bond donors (Lipinski definition) is 1. The molecule has 1 aromatic rings. The maximum atomic E-state index is 13.1. The van der Waals surface area contributed by atoms with Gasteiger partial charge in [-0.05, 0) is 37.0 Å². The van der Waals surface area contributed by atoms with Crippen LogP contribution < -0.4 is 0 Å². The summed E-state index contributed by atoms with van der Waals surface area (Å²) in [5.74, 6) is -2.14. The number of aliphatic hydroxyl groups is 1. The molecular formula is C12H15F2NO3S. The topological polar surface area (TPSA) is 57.6 Å². The van der Waals surface area contributed by atoms with Gasteiger partial charge >= 0.3 is 0 Å². The lowest BCUT2D eigenvalue weighted by Crippen LogP contribution is -2.39. The van der Waals surface area contributed by atoms with Crippen molar-refractivity contribution in [2.75, 3.05) is 19.7 Å². The van der Waals surface area contributed by atoms with Gasteiger partial charge in [0.05, 0.1) is 4.90 Å². The number of piperidine rings is 1. The Bertz CT molecular complexity index is 554. The van der Waals surface area contributed by atoms with Crippen LogP contribution in [0.15, 0.2) is 23.1 Å². The number of aliphatic hydroxyl groups excluding tert-OH is 1. The molecule has 106 valence electrons. The van der Waals surface area contributed by atoms with Crippen molar-refractivity contribution in [2.24, 2.45) is 5.92 Å². The molecule has 0 radical (unpaired) electrons. The van der Waals surface area contributed by atoms with Crippen molar-refractivity contribution >= 4 is 10.0 Å². The predicted molar refractivity (Wildman–Crippen MR) is 64.9 cm³/mol. The van der Waals surface area contributed by atoms with E-state index in [-0.39, 0.29) is 30.5 Å². The average molecular weight is 291 g/mol. The predicted octanol–water partition coefficient (Wildman–Crippen LogP) is 1.36. The second kappa shape index (κ2) is 5.52. The highest BCUT2D eigenvalue weighted by Crippen LogP contribution is 2.24. The van der Waals surface area contributed by atoms with Crippen LogP contribution in [0, 0.1) is 17.6 Å². The van der Waals surface area contributed by atoms with Gasteiger partial charge in [0.2, 0.25) is 10.0 Å². The Balaban J connectivity index is 2.21. The molecule has 0 aliphatic carbocycles. The van der Waals surface area contributed by atoms with E-state index in [4.69, 9.17) is 5.11 Å². The SMILES string of the molecule is O=S(=O)(c1ccc(F)c(F)c1)N1CCC(CO)CC1. The molecule has 1 fully saturated rings. The Morgan fingerprint density at radius 3 is 2.37 bits per heavy atom. The summed E-state index contributed by atoms with van der Waals surface area (Å²) in [4.78, 5) is -0.242. The molecule has 0 saturated carbocycles. The van der Waals surface area contributed by atoms with Gasteiger partial charge in [0.1, 0.15) is 0 Å². The van der Waals surface area contributed by atoms with Crippen molar-refractivity contribution < 1.29 is 22.3 Å². The van der Waals surface area contributed by atoms with Crippen molar-refractivity contribution in [3.8, 4) is 0 Å². The molecule has 1 saturated heterocycles. The standard InChI is InChI=1S/C12H15F2NO3S/c13-11-2-1-10(7-12(11)14)19(17,18)15-5-3-9(8-16)4-6-15/h1-2,7,9,16H,3-6,8H2. The Kier molecular flexibility index (Phi) is 4.17. The van der Waals surface area contributed by atoms with Crippen molar-refractivity contribution in [3.63, 3.8) is 0 Å². The van der Waals surface area contributed by atoms with Gasteiger partial charge in [0, 0.05) is 19.7 Å². The van der Waals surface area contributed by atoms with Gasteiger partial charge in [-0.2, -0.15) is 4.31 Å². The van der Waals surface area contributed by atoms with E-state index in [1.807, 2.05) is 0 Å². The molecule has 0 amide bonds. The molecular weight excluding hydrogens is 276 g/mol. The van der Waals surface area contributed by atoms with Gasteiger partial charge in [0.15, 0.2) is 11.6 Å². The number of sulfonamides is 1. The lowest BCUT2D eigenvalue weighted by atomic mass is 10.00. The zero-order valence-electron chi connectivity index (χ0n) is 10.2. The fourth-order valence-corrected chi connectivity index (χ4v) is 3.60. The fraction of sp³-hybridized carbons (Fsp3) is 0.500. The third kappa shape index (κ3) is 2.93. The quantitative estimate of drug-likeness (QED) is 0.915. The van der Waals surface area contributed by atoms with Gasteiger partial charge in [0.25, 0.3) is 0 Å². The van der Waals surface area contributed by atoms with Crippen LogP contribution in [0.1, 0.15) is 12.8 Å². The highest BCUT2D eigenvalue weighted by molar-refractivity contribution is 7.89. The Morgan fingerprint density at radius 2 is 1.84 bits per heavy atom. The first-order chi connectivity index (χ1) is 8.95. The van der Waals surface area contributed by atoms with Crippen molar-refractivity contribution in [1.29, 1.82) is 0 Å². The number of benzene rings is 1. The van der Waals surface area contributed by atoms with Crippen LogP contribution in [0.5, 0.6) is 0 Å². The van der Waals surface area contributed by atoms with E-state index < -0.39 is 21.7 Å². The monoisotopic (exact) mass is 291 g/mol. The Hall–Kier alpha value is -1.05. The molecule has 0 aromatic heterocycles. The van der Waals surface area contributed by atoms with Crippen molar-refractivity contribution in [2.45, 2.75) is 17.7 Å². The second-order valence-electron chi connectivity index (χ2n) is 4.61. The summed E-state index contributed by atoms with van der Waals surface area (Å²) in [5.41, 5.74) is 0. The van der Waals surface area contributed by atoms with E-state index in [1.165, 1.54) is 4.31 Å². The molecule has 19 heavy (non-hydrogen) atoms. The third-order valence-electron chi connectivity index (χ3n) is 3.36. The van der Waals surface area contributed by atoms with E-state index in [2.05, 4.69) is 0 Å². The first-order valence-electron chi connectivity index (χ1n) is 6.01. The van der Waals surface area contributed by atoms with Crippen LogP contribution in [-0.4, -0.2) is 37.5 Å². The van der Waals surface area contributed by atoms with Gasteiger partial charge in [-0.3, -0.25) is 0 Å². The lowest BCUT2D eigenvalue weighted by Gasteiger charge is -2.30. The minimum atomic E-state index is -3.79. The summed E-state index contributed by atoms with van der Waals surface area (Å²) in [5, 5.41) is 9.00. The van der Waals surface area contributed by atoms with E-state index in [0.717, 1.165) is 12.1 Å². The van der Waals surface area contributed by atoms with E-state index in [9.17, 15) is 17.2 Å². The molecule has 7 heteroatoms. The van der Waals surface area contributed by atoms with Gasteiger partial charge < -0.3 is 5.11 Å². The highest BCUT2D eigenvalue weighted by atomic mass is 32.2. The molecule has 1 aromatic carbocycles.